The maximum atomic E-state index is 15.2. The van der Waals surface area contributed by atoms with E-state index in [4.69, 9.17) is 0 Å². The van der Waals surface area contributed by atoms with E-state index in [-0.39, 0.29) is 6.71 Å². The Morgan fingerprint density at radius 3 is 1.85 bits per heavy atom. The molecular formula is C45H29BF3GeN3. The van der Waals surface area contributed by atoms with Crippen LogP contribution in [0.4, 0.5) is 41.6 Å². The van der Waals surface area contributed by atoms with Crippen LogP contribution in [0, 0.1) is 0 Å². The van der Waals surface area contributed by atoms with Crippen LogP contribution < -0.4 is 43.8 Å². The predicted molar refractivity (Wildman–Crippen MR) is 215 cm³/mol. The number of fused-ring (bicyclic) bond motifs is 15. The van der Waals surface area contributed by atoms with E-state index in [9.17, 15) is 0 Å². The second-order valence-electron chi connectivity index (χ2n) is 14.6. The monoisotopic (exact) mass is 753 g/mol. The van der Waals surface area contributed by atoms with Crippen LogP contribution >= 0.6 is 0 Å². The van der Waals surface area contributed by atoms with Gasteiger partial charge in [0.05, 0.1) is 0 Å². The number of anilines is 5. The number of rotatable bonds is 1. The van der Waals surface area contributed by atoms with E-state index in [1.54, 1.807) is 0 Å². The Bertz CT molecular complexity index is 2880. The third-order valence-corrected chi connectivity index (χ3v) is 22.6. The first-order valence-electron chi connectivity index (χ1n) is 18.2. The number of halogens is 3. The van der Waals surface area contributed by atoms with Gasteiger partial charge in [-0.15, -0.1) is 0 Å². The van der Waals surface area contributed by atoms with E-state index in [0.717, 1.165) is 56.1 Å². The van der Waals surface area contributed by atoms with E-state index in [2.05, 4.69) is 130 Å². The summed E-state index contributed by atoms with van der Waals surface area (Å²) >= 11 is -3.86. The summed E-state index contributed by atoms with van der Waals surface area (Å²) in [7, 11) is 0. The molecule has 1 spiro atoms. The first-order chi connectivity index (χ1) is 25.9. The summed E-state index contributed by atoms with van der Waals surface area (Å²) in [6.07, 6.45) is -4.54. The van der Waals surface area contributed by atoms with Crippen LogP contribution in [-0.2, 0) is 6.18 Å². The minimum absolute atomic E-state index is 0.250. The summed E-state index contributed by atoms with van der Waals surface area (Å²) in [5.74, 6) is 0. The van der Waals surface area contributed by atoms with Crippen molar-refractivity contribution in [3.63, 3.8) is 0 Å². The van der Waals surface area contributed by atoms with Crippen molar-refractivity contribution < 1.29 is 13.2 Å². The summed E-state index contributed by atoms with van der Waals surface area (Å²) in [5.41, 5.74) is 10.1. The zero-order valence-corrected chi connectivity index (χ0v) is 30.7. The van der Waals surface area contributed by atoms with Crippen LogP contribution in [0.5, 0.6) is 0 Å². The summed E-state index contributed by atoms with van der Waals surface area (Å²) in [6.45, 7) is 2.78. The molecule has 0 radical (unpaired) electrons. The second kappa shape index (κ2) is 10.1. The molecule has 7 aromatic carbocycles. The zero-order valence-electron chi connectivity index (χ0n) is 28.6. The molecule has 0 atom stereocenters. The quantitative estimate of drug-likeness (QED) is 0.176. The van der Waals surface area contributed by atoms with Crippen molar-refractivity contribution in [1.29, 1.82) is 0 Å². The van der Waals surface area contributed by atoms with Gasteiger partial charge in [-0.2, -0.15) is 0 Å². The Morgan fingerprint density at radius 1 is 0.566 bits per heavy atom. The Balaban J connectivity index is 1.29. The molecule has 0 saturated heterocycles. The number of alkyl halides is 3. The standard InChI is InChI=1S/C45H29BF3GeN3/c1-2-51-37-22-8-4-17-32(37)50(33-18-5-9-23-38(33)51)34-19-6-10-24-39(34)53-41-26-27(45(47,48)49)25-40-42(41)46(31-16-12-20-35(50)44(31)53)30-15-11-14-29-28-13-3-7-21-36(28)52(40)43(29)30/h3-26H,2H2,1H3. The number of hydrogen-bond acceptors (Lipinski definition) is 2. The Kier molecular flexibility index (Phi) is 5.66. The van der Waals surface area contributed by atoms with Crippen molar-refractivity contribution in [3.05, 3.63) is 151 Å². The summed E-state index contributed by atoms with van der Waals surface area (Å²) in [5, 5.41) is 2.10. The molecule has 0 unspecified atom stereocenters. The third kappa shape index (κ3) is 3.46. The average molecular weight is 752 g/mol. The number of aromatic nitrogens is 1. The summed E-state index contributed by atoms with van der Waals surface area (Å²) in [4.78, 5) is 4.64. The van der Waals surface area contributed by atoms with Gasteiger partial charge >= 0.3 is 308 Å². The number of hydrogen-bond donors (Lipinski definition) is 0. The van der Waals surface area contributed by atoms with Gasteiger partial charge in [0.2, 0.25) is 0 Å². The van der Waals surface area contributed by atoms with Gasteiger partial charge in [-0.3, -0.25) is 0 Å². The van der Waals surface area contributed by atoms with Gasteiger partial charge in [-0.25, -0.2) is 0 Å². The molecule has 5 heterocycles. The van der Waals surface area contributed by atoms with E-state index in [1.165, 1.54) is 41.1 Å². The van der Waals surface area contributed by atoms with Crippen LogP contribution in [0.2, 0.25) is 0 Å². The van der Waals surface area contributed by atoms with Crippen molar-refractivity contribution in [2.75, 3.05) is 16.3 Å². The molecular weight excluding hydrogens is 723 g/mol. The molecule has 8 aromatic rings. The minimum atomic E-state index is -4.54. The van der Waals surface area contributed by atoms with Gasteiger partial charge < -0.3 is 0 Å². The van der Waals surface area contributed by atoms with Crippen LogP contribution in [0.25, 0.3) is 27.5 Å². The fourth-order valence-corrected chi connectivity index (χ4v) is 22.1. The molecule has 4 aliphatic rings. The van der Waals surface area contributed by atoms with E-state index < -0.39 is 25.0 Å². The van der Waals surface area contributed by atoms with Gasteiger partial charge in [-0.05, 0) is 0 Å². The van der Waals surface area contributed by atoms with Crippen molar-refractivity contribution in [1.82, 2.24) is 4.57 Å². The number of nitrogens with zero attached hydrogens (tertiary/aromatic N) is 3. The Morgan fingerprint density at radius 2 is 1.13 bits per heavy atom. The molecule has 0 saturated carbocycles. The summed E-state index contributed by atoms with van der Waals surface area (Å²) < 4.78 is 52.9. The zero-order chi connectivity index (χ0) is 35.4. The fraction of sp³-hybridized carbons (Fsp3) is 0.0667. The SMILES string of the molecule is CCN1c2cccc[c]2[Ge]2([c]3ccccc31)[c]1ccccc1N1c3cc(C(F)(F)F)cc4c3B(c3ccc[c]2c31)c1cccc2c3ccccc3n-4c12. The van der Waals surface area contributed by atoms with Crippen LogP contribution in [0.15, 0.2) is 146 Å². The van der Waals surface area contributed by atoms with Gasteiger partial charge in [0.1, 0.15) is 0 Å². The topological polar surface area (TPSA) is 11.4 Å². The average Bonchev–Trinajstić information content (AvgIpc) is 3.53. The molecule has 252 valence electrons. The van der Waals surface area contributed by atoms with Gasteiger partial charge in [-0.1, -0.05) is 0 Å². The number of para-hydroxylation sites is 6. The van der Waals surface area contributed by atoms with Crippen molar-refractivity contribution in [3.8, 4) is 5.69 Å². The number of benzene rings is 7. The molecule has 53 heavy (non-hydrogen) atoms. The summed E-state index contributed by atoms with van der Waals surface area (Å²) in [6, 6.07) is 50.4. The Hall–Kier alpha value is -5.66. The van der Waals surface area contributed by atoms with E-state index in [0.29, 0.717) is 11.4 Å². The van der Waals surface area contributed by atoms with Crippen LogP contribution in [0.3, 0.4) is 0 Å². The molecule has 4 aliphatic heterocycles. The van der Waals surface area contributed by atoms with Gasteiger partial charge in [0.15, 0.2) is 0 Å². The first-order valence-corrected chi connectivity index (χ1v) is 22.4. The van der Waals surface area contributed by atoms with Crippen molar-refractivity contribution in [2.24, 2.45) is 0 Å². The van der Waals surface area contributed by atoms with E-state index >= 15 is 13.2 Å². The fourth-order valence-electron chi connectivity index (χ4n) is 10.6. The molecule has 0 bridgehead atoms. The third-order valence-electron chi connectivity index (χ3n) is 12.3. The molecule has 0 N–H and O–H groups in total. The first kappa shape index (κ1) is 29.9. The Labute approximate surface area is 307 Å². The van der Waals surface area contributed by atoms with Crippen molar-refractivity contribution >= 4 is 104 Å². The van der Waals surface area contributed by atoms with Crippen molar-refractivity contribution in [2.45, 2.75) is 13.1 Å². The molecule has 0 aliphatic carbocycles. The van der Waals surface area contributed by atoms with Gasteiger partial charge in [0.25, 0.3) is 0 Å². The molecule has 12 rings (SSSR count). The molecule has 0 amide bonds. The normalized spacial score (nSPS) is 15.3. The second-order valence-corrected chi connectivity index (χ2v) is 22.2. The maximum absolute atomic E-state index is 15.2. The predicted octanol–water partition coefficient (Wildman–Crippen LogP) is 6.58. The molecule has 8 heteroatoms. The molecule has 0 fully saturated rings. The van der Waals surface area contributed by atoms with Crippen LogP contribution in [0.1, 0.15) is 12.5 Å². The molecule has 3 nitrogen and oxygen atoms in total. The van der Waals surface area contributed by atoms with Crippen LogP contribution in [-0.4, -0.2) is 31.1 Å². The van der Waals surface area contributed by atoms with Gasteiger partial charge in [0, 0.05) is 0 Å². The molecule has 1 aromatic heterocycles. The van der Waals surface area contributed by atoms with E-state index in [1.807, 2.05) is 24.3 Å².